The second kappa shape index (κ2) is 5.34. The number of nitrogens with zero attached hydrogens (tertiary/aromatic N) is 1. The summed E-state index contributed by atoms with van der Waals surface area (Å²) in [6, 6.07) is 10.8. The van der Waals surface area contributed by atoms with Crippen molar-refractivity contribution in [2.45, 2.75) is 39.5 Å². The molecule has 18 heavy (non-hydrogen) atoms. The van der Waals surface area contributed by atoms with Crippen molar-refractivity contribution in [3.8, 4) is 11.1 Å². The summed E-state index contributed by atoms with van der Waals surface area (Å²) in [5.41, 5.74) is 5.42. The van der Waals surface area contributed by atoms with E-state index in [1.54, 1.807) is 0 Å². The second-order valence-corrected chi connectivity index (χ2v) is 5.36. The fourth-order valence-corrected chi connectivity index (χ4v) is 2.40. The molecule has 0 unspecified atom stereocenters. The summed E-state index contributed by atoms with van der Waals surface area (Å²) in [7, 11) is 0. The van der Waals surface area contributed by atoms with Crippen LogP contribution in [0.4, 0.5) is 0 Å². The maximum atomic E-state index is 4.26. The molecule has 0 radical (unpaired) electrons. The minimum atomic E-state index is 0.527. The number of rotatable bonds is 3. The summed E-state index contributed by atoms with van der Waals surface area (Å²) in [6.45, 7) is 9.00. The number of hydrogen-bond donors (Lipinski definition) is 0. The Balaban J connectivity index is 2.69. The van der Waals surface area contributed by atoms with Gasteiger partial charge in [0.05, 0.1) is 0 Å². The van der Waals surface area contributed by atoms with Crippen molar-refractivity contribution in [3.63, 3.8) is 0 Å². The lowest BCUT2D eigenvalue weighted by molar-refractivity contribution is 0.838. The van der Waals surface area contributed by atoms with E-state index in [1.807, 2.05) is 18.5 Å². The third-order valence-electron chi connectivity index (χ3n) is 3.32. The fraction of sp³-hybridized carbons (Fsp3) is 0.353. The van der Waals surface area contributed by atoms with Crippen molar-refractivity contribution < 1.29 is 0 Å². The van der Waals surface area contributed by atoms with Crippen LogP contribution in [0.2, 0.25) is 0 Å². The zero-order valence-corrected chi connectivity index (χ0v) is 11.6. The van der Waals surface area contributed by atoms with Gasteiger partial charge in [0.25, 0.3) is 0 Å². The summed E-state index contributed by atoms with van der Waals surface area (Å²) < 4.78 is 0. The SMILES string of the molecule is CC(C)c1cccc(C(C)C)c1-c1cccnc1. The molecule has 94 valence electrons. The fourth-order valence-electron chi connectivity index (χ4n) is 2.40. The molecule has 1 nitrogen and oxygen atoms in total. The van der Waals surface area contributed by atoms with E-state index in [9.17, 15) is 0 Å². The Bertz CT molecular complexity index is 486. The highest BCUT2D eigenvalue weighted by atomic mass is 14.6. The van der Waals surface area contributed by atoms with Crippen molar-refractivity contribution in [1.29, 1.82) is 0 Å². The molecule has 0 aliphatic heterocycles. The van der Waals surface area contributed by atoms with Gasteiger partial charge in [0.15, 0.2) is 0 Å². The number of aromatic nitrogens is 1. The largest absolute Gasteiger partial charge is 0.264 e. The molecule has 0 fully saturated rings. The zero-order valence-electron chi connectivity index (χ0n) is 11.6. The van der Waals surface area contributed by atoms with Crippen LogP contribution in [0.25, 0.3) is 11.1 Å². The maximum absolute atomic E-state index is 4.26. The van der Waals surface area contributed by atoms with Gasteiger partial charge < -0.3 is 0 Å². The summed E-state index contributed by atoms with van der Waals surface area (Å²) in [6.07, 6.45) is 3.80. The molecule has 2 aromatic rings. The smallest absolute Gasteiger partial charge is 0.0346 e. The minimum absolute atomic E-state index is 0.527. The predicted octanol–water partition coefficient (Wildman–Crippen LogP) is 5.00. The predicted molar refractivity (Wildman–Crippen MR) is 77.9 cm³/mol. The van der Waals surface area contributed by atoms with E-state index in [0.29, 0.717) is 11.8 Å². The van der Waals surface area contributed by atoms with E-state index in [4.69, 9.17) is 0 Å². The van der Waals surface area contributed by atoms with Crippen LogP contribution in [0.15, 0.2) is 42.7 Å². The summed E-state index contributed by atoms with van der Waals surface area (Å²) in [5, 5.41) is 0. The Hall–Kier alpha value is -1.63. The molecule has 0 spiro atoms. The van der Waals surface area contributed by atoms with E-state index in [1.165, 1.54) is 22.3 Å². The number of pyridine rings is 1. The van der Waals surface area contributed by atoms with Crippen LogP contribution in [0.1, 0.15) is 50.7 Å². The molecule has 0 amide bonds. The van der Waals surface area contributed by atoms with Gasteiger partial charge in [0, 0.05) is 18.0 Å². The minimum Gasteiger partial charge on any atom is -0.264 e. The van der Waals surface area contributed by atoms with Crippen molar-refractivity contribution in [2.24, 2.45) is 0 Å². The highest BCUT2D eigenvalue weighted by Gasteiger charge is 2.14. The third-order valence-corrected chi connectivity index (χ3v) is 3.32. The van der Waals surface area contributed by atoms with Crippen LogP contribution in [-0.4, -0.2) is 4.98 Å². The highest BCUT2D eigenvalue weighted by molar-refractivity contribution is 5.71. The molecule has 0 atom stereocenters. The van der Waals surface area contributed by atoms with E-state index in [-0.39, 0.29) is 0 Å². The first kappa shape index (κ1) is 12.8. The molecule has 0 bridgehead atoms. The molecule has 1 aromatic heterocycles. The maximum Gasteiger partial charge on any atom is 0.0346 e. The Morgan fingerprint density at radius 2 is 1.44 bits per heavy atom. The van der Waals surface area contributed by atoms with Gasteiger partial charge >= 0.3 is 0 Å². The van der Waals surface area contributed by atoms with Gasteiger partial charge in [-0.1, -0.05) is 52.0 Å². The standard InChI is InChI=1S/C17H21N/c1-12(2)15-8-5-9-16(13(3)4)17(15)14-7-6-10-18-11-14/h5-13H,1-4H3. The van der Waals surface area contributed by atoms with Crippen molar-refractivity contribution in [1.82, 2.24) is 4.98 Å². The van der Waals surface area contributed by atoms with Crippen LogP contribution in [0.5, 0.6) is 0 Å². The van der Waals surface area contributed by atoms with Crippen LogP contribution < -0.4 is 0 Å². The van der Waals surface area contributed by atoms with Crippen LogP contribution >= 0.6 is 0 Å². The summed E-state index contributed by atoms with van der Waals surface area (Å²) >= 11 is 0. The molecule has 0 saturated heterocycles. The average molecular weight is 239 g/mol. The van der Waals surface area contributed by atoms with Gasteiger partial charge in [-0.15, -0.1) is 0 Å². The zero-order chi connectivity index (χ0) is 13.1. The molecule has 0 aliphatic rings. The van der Waals surface area contributed by atoms with Crippen LogP contribution in [0.3, 0.4) is 0 Å². The molecule has 0 aliphatic carbocycles. The van der Waals surface area contributed by atoms with Gasteiger partial charge in [-0.05, 0) is 34.6 Å². The van der Waals surface area contributed by atoms with Crippen molar-refractivity contribution in [2.75, 3.05) is 0 Å². The van der Waals surface area contributed by atoms with E-state index in [0.717, 1.165) is 0 Å². The first-order valence-electron chi connectivity index (χ1n) is 6.64. The monoisotopic (exact) mass is 239 g/mol. The first-order valence-corrected chi connectivity index (χ1v) is 6.64. The topological polar surface area (TPSA) is 12.9 Å². The molecule has 1 heteroatoms. The lowest BCUT2D eigenvalue weighted by Gasteiger charge is -2.19. The molecule has 2 rings (SSSR count). The summed E-state index contributed by atoms with van der Waals surface area (Å²) in [5.74, 6) is 1.05. The molecule has 1 heterocycles. The van der Waals surface area contributed by atoms with Gasteiger partial charge in [-0.25, -0.2) is 0 Å². The molecule has 0 N–H and O–H groups in total. The lowest BCUT2D eigenvalue weighted by atomic mass is 9.85. The Kier molecular flexibility index (Phi) is 3.81. The Morgan fingerprint density at radius 3 is 1.89 bits per heavy atom. The lowest BCUT2D eigenvalue weighted by Crippen LogP contribution is -1.99. The Morgan fingerprint density at radius 1 is 0.833 bits per heavy atom. The van der Waals surface area contributed by atoms with E-state index < -0.39 is 0 Å². The van der Waals surface area contributed by atoms with Gasteiger partial charge in [0.1, 0.15) is 0 Å². The van der Waals surface area contributed by atoms with Crippen LogP contribution in [0, 0.1) is 0 Å². The molecular formula is C17H21N. The average Bonchev–Trinajstić information content (AvgIpc) is 2.38. The van der Waals surface area contributed by atoms with Gasteiger partial charge in [0.2, 0.25) is 0 Å². The van der Waals surface area contributed by atoms with E-state index >= 15 is 0 Å². The van der Waals surface area contributed by atoms with Crippen LogP contribution in [-0.2, 0) is 0 Å². The second-order valence-electron chi connectivity index (χ2n) is 5.36. The first-order chi connectivity index (χ1) is 8.61. The van der Waals surface area contributed by atoms with Gasteiger partial charge in [-0.2, -0.15) is 0 Å². The number of benzene rings is 1. The summed E-state index contributed by atoms with van der Waals surface area (Å²) in [4.78, 5) is 4.26. The van der Waals surface area contributed by atoms with E-state index in [2.05, 4.69) is 56.9 Å². The normalized spacial score (nSPS) is 11.2. The van der Waals surface area contributed by atoms with Crippen molar-refractivity contribution in [3.05, 3.63) is 53.9 Å². The number of hydrogen-bond acceptors (Lipinski definition) is 1. The Labute approximate surface area is 110 Å². The van der Waals surface area contributed by atoms with Gasteiger partial charge in [-0.3, -0.25) is 4.98 Å². The quantitative estimate of drug-likeness (QED) is 0.735. The molecule has 1 aromatic carbocycles. The molecular weight excluding hydrogens is 218 g/mol. The third kappa shape index (κ3) is 2.45. The highest BCUT2D eigenvalue weighted by Crippen LogP contribution is 2.35. The van der Waals surface area contributed by atoms with Crippen molar-refractivity contribution >= 4 is 0 Å². The molecule has 0 saturated carbocycles.